The van der Waals surface area contributed by atoms with E-state index in [0.29, 0.717) is 26.3 Å². The molecule has 1 aliphatic rings. The predicted molar refractivity (Wildman–Crippen MR) is 96.1 cm³/mol. The lowest BCUT2D eigenvalue weighted by atomic mass is 10.1. The summed E-state index contributed by atoms with van der Waals surface area (Å²) < 4.78 is 31.2. The van der Waals surface area contributed by atoms with Gasteiger partial charge in [0.05, 0.1) is 12.8 Å². The number of alkyl halides is 2. The fourth-order valence-corrected chi connectivity index (χ4v) is 4.18. The van der Waals surface area contributed by atoms with Crippen LogP contribution in [-0.2, 0) is 0 Å². The van der Waals surface area contributed by atoms with Gasteiger partial charge in [-0.25, -0.2) is 13.8 Å². The fourth-order valence-electron chi connectivity index (χ4n) is 3.06. The Hall–Kier alpha value is -2.74. The normalized spacial score (nSPS) is 16.3. The van der Waals surface area contributed by atoms with Crippen LogP contribution < -0.4 is 15.4 Å². The lowest BCUT2D eigenvalue weighted by molar-refractivity contribution is 0.0940. The van der Waals surface area contributed by atoms with Crippen LogP contribution >= 0.6 is 11.3 Å². The Balaban J connectivity index is 1.78. The molecule has 4 rings (SSSR count). The number of halogens is 2. The number of amides is 1. The van der Waals surface area contributed by atoms with E-state index in [4.69, 9.17) is 4.74 Å². The maximum atomic E-state index is 13.0. The molecule has 0 bridgehead atoms. The number of rotatable bonds is 3. The number of ether oxygens (including phenoxy) is 1. The average molecular weight is 375 g/mol. The lowest BCUT2D eigenvalue weighted by Gasteiger charge is -2.26. The summed E-state index contributed by atoms with van der Waals surface area (Å²) in [7, 11) is 1.59. The Bertz CT molecular complexity index is 1000. The Kier molecular flexibility index (Phi) is 3.99. The second kappa shape index (κ2) is 6.21. The number of aryl methyl sites for hydroxylation is 1. The van der Waals surface area contributed by atoms with Crippen LogP contribution in [0, 0.1) is 6.92 Å². The second-order valence-electron chi connectivity index (χ2n) is 5.98. The van der Waals surface area contributed by atoms with E-state index in [1.54, 1.807) is 14.0 Å². The van der Waals surface area contributed by atoms with Crippen LogP contribution in [0.3, 0.4) is 0 Å². The molecule has 0 spiro atoms. The van der Waals surface area contributed by atoms with Crippen molar-refractivity contribution >= 4 is 33.1 Å². The van der Waals surface area contributed by atoms with Gasteiger partial charge in [-0.15, -0.1) is 11.3 Å². The summed E-state index contributed by atoms with van der Waals surface area (Å²) >= 11 is 1.12. The predicted octanol–water partition coefficient (Wildman–Crippen LogP) is 4.41. The number of pyridine rings is 1. The minimum atomic E-state index is -2.65. The van der Waals surface area contributed by atoms with E-state index in [-0.39, 0.29) is 11.6 Å². The fraction of sp³-hybridized carbons (Fsp3) is 0.222. The van der Waals surface area contributed by atoms with Gasteiger partial charge in [0.15, 0.2) is 0 Å². The Morgan fingerprint density at radius 2 is 1.96 bits per heavy atom. The lowest BCUT2D eigenvalue weighted by Crippen LogP contribution is -2.37. The van der Waals surface area contributed by atoms with Crippen molar-refractivity contribution in [1.82, 2.24) is 10.3 Å². The molecule has 3 heterocycles. The molecule has 8 heteroatoms. The molecule has 1 aliphatic heterocycles. The van der Waals surface area contributed by atoms with E-state index >= 15 is 0 Å². The summed E-state index contributed by atoms with van der Waals surface area (Å²) in [5.74, 6) is 0.470. The summed E-state index contributed by atoms with van der Waals surface area (Å²) in [5, 5.41) is 6.90. The van der Waals surface area contributed by atoms with Crippen LogP contribution in [0.2, 0.25) is 0 Å². The van der Waals surface area contributed by atoms with Crippen LogP contribution in [0.15, 0.2) is 30.3 Å². The number of thiophene rings is 1. The zero-order valence-corrected chi connectivity index (χ0v) is 14.8. The smallest absolute Gasteiger partial charge is 0.280 e. The Morgan fingerprint density at radius 3 is 2.62 bits per heavy atom. The molecule has 0 saturated carbocycles. The third kappa shape index (κ3) is 2.66. The van der Waals surface area contributed by atoms with E-state index in [9.17, 15) is 13.6 Å². The SMILES string of the molecule is COc1ccc([C@@H]2NC(=O)c3sc4nc(C(F)F)cc(C)c4c3N2)cc1. The number of nitrogens with zero attached hydrogens (tertiary/aromatic N) is 1. The molecule has 134 valence electrons. The molecule has 2 aromatic heterocycles. The second-order valence-corrected chi connectivity index (χ2v) is 6.97. The number of hydrogen-bond acceptors (Lipinski definition) is 5. The van der Waals surface area contributed by atoms with Crippen LogP contribution in [0.5, 0.6) is 5.75 Å². The Morgan fingerprint density at radius 1 is 1.23 bits per heavy atom. The number of methoxy groups -OCH3 is 1. The minimum Gasteiger partial charge on any atom is -0.497 e. The van der Waals surface area contributed by atoms with Gasteiger partial charge >= 0.3 is 0 Å². The van der Waals surface area contributed by atoms with E-state index in [2.05, 4.69) is 15.6 Å². The first-order valence-corrected chi connectivity index (χ1v) is 8.73. The Labute approximate surface area is 152 Å². The quantitative estimate of drug-likeness (QED) is 0.712. The number of aromatic nitrogens is 1. The van der Waals surface area contributed by atoms with Crippen molar-refractivity contribution < 1.29 is 18.3 Å². The number of fused-ring (bicyclic) bond motifs is 3. The van der Waals surface area contributed by atoms with Crippen molar-refractivity contribution in [3.63, 3.8) is 0 Å². The highest BCUT2D eigenvalue weighted by Crippen LogP contribution is 2.41. The molecule has 0 radical (unpaired) electrons. The van der Waals surface area contributed by atoms with E-state index in [0.717, 1.165) is 22.6 Å². The van der Waals surface area contributed by atoms with E-state index < -0.39 is 12.6 Å². The average Bonchev–Trinajstić information content (AvgIpc) is 3.01. The molecule has 26 heavy (non-hydrogen) atoms. The van der Waals surface area contributed by atoms with Crippen molar-refractivity contribution in [1.29, 1.82) is 0 Å². The highest BCUT2D eigenvalue weighted by Gasteiger charge is 2.30. The standard InChI is InChI=1S/C18H15F2N3O2S/c1-8-7-11(15(19)20)21-18-12(8)13-14(26-18)17(24)23-16(22-13)9-3-5-10(25-2)6-4-9/h3-7,15-16,22H,1-2H3,(H,23,24)/t16-/m0/s1. The first kappa shape index (κ1) is 16.7. The molecule has 1 atom stereocenters. The van der Waals surface area contributed by atoms with E-state index in [1.165, 1.54) is 6.07 Å². The molecular weight excluding hydrogens is 360 g/mol. The van der Waals surface area contributed by atoms with Crippen molar-refractivity contribution in [2.24, 2.45) is 0 Å². The van der Waals surface area contributed by atoms with Gasteiger partial charge in [-0.05, 0) is 36.2 Å². The first-order chi connectivity index (χ1) is 12.5. The minimum absolute atomic E-state index is 0.249. The maximum Gasteiger partial charge on any atom is 0.280 e. The van der Waals surface area contributed by atoms with Crippen LogP contribution in [0.1, 0.15) is 39.1 Å². The number of nitrogens with one attached hydrogen (secondary N) is 2. The number of benzene rings is 1. The van der Waals surface area contributed by atoms with Gasteiger partial charge in [0.1, 0.15) is 27.3 Å². The van der Waals surface area contributed by atoms with Gasteiger partial charge < -0.3 is 15.4 Å². The number of anilines is 1. The largest absolute Gasteiger partial charge is 0.497 e. The number of carbonyl (C=O) groups is 1. The van der Waals surface area contributed by atoms with Crippen molar-refractivity contribution in [2.45, 2.75) is 19.5 Å². The maximum absolute atomic E-state index is 13.0. The van der Waals surface area contributed by atoms with Gasteiger partial charge in [-0.2, -0.15) is 0 Å². The third-order valence-corrected chi connectivity index (χ3v) is 5.40. The number of carbonyl (C=O) groups excluding carboxylic acids is 1. The molecule has 1 amide bonds. The van der Waals surface area contributed by atoms with Crippen molar-refractivity contribution in [3.05, 3.63) is 52.0 Å². The van der Waals surface area contributed by atoms with Gasteiger partial charge in [0.25, 0.3) is 12.3 Å². The highest BCUT2D eigenvalue weighted by atomic mass is 32.1. The first-order valence-electron chi connectivity index (χ1n) is 7.91. The van der Waals surface area contributed by atoms with Crippen molar-refractivity contribution in [3.8, 4) is 5.75 Å². The summed E-state index contributed by atoms with van der Waals surface area (Å²) in [5.41, 5.74) is 1.89. The topological polar surface area (TPSA) is 63.2 Å². The summed E-state index contributed by atoms with van der Waals surface area (Å²) in [4.78, 5) is 17.5. The third-order valence-electron chi connectivity index (χ3n) is 4.32. The number of hydrogen-bond donors (Lipinski definition) is 2. The molecular formula is C18H15F2N3O2S. The van der Waals surface area contributed by atoms with Crippen molar-refractivity contribution in [2.75, 3.05) is 12.4 Å². The van der Waals surface area contributed by atoms with Gasteiger partial charge in [-0.3, -0.25) is 4.79 Å². The molecule has 3 aromatic rings. The van der Waals surface area contributed by atoms with Crippen LogP contribution in [0.4, 0.5) is 14.5 Å². The van der Waals surface area contributed by atoms with Gasteiger partial charge in [-0.1, -0.05) is 12.1 Å². The zero-order valence-electron chi connectivity index (χ0n) is 14.0. The molecule has 5 nitrogen and oxygen atoms in total. The molecule has 0 unspecified atom stereocenters. The molecule has 0 saturated heterocycles. The zero-order chi connectivity index (χ0) is 18.4. The van der Waals surface area contributed by atoms with Gasteiger partial charge in [0, 0.05) is 5.39 Å². The summed E-state index contributed by atoms with van der Waals surface area (Å²) in [6.07, 6.45) is -3.07. The van der Waals surface area contributed by atoms with E-state index in [1.807, 2.05) is 24.3 Å². The molecule has 0 aliphatic carbocycles. The molecule has 0 fully saturated rings. The monoisotopic (exact) mass is 375 g/mol. The summed E-state index contributed by atoms with van der Waals surface area (Å²) in [6, 6.07) is 8.71. The molecule has 2 N–H and O–H groups in total. The summed E-state index contributed by atoms with van der Waals surface area (Å²) in [6.45, 7) is 1.75. The van der Waals surface area contributed by atoms with Gasteiger partial charge in [0.2, 0.25) is 0 Å². The highest BCUT2D eigenvalue weighted by molar-refractivity contribution is 7.21. The molecule has 1 aromatic carbocycles. The van der Waals surface area contributed by atoms with Crippen LogP contribution in [-0.4, -0.2) is 18.0 Å². The van der Waals surface area contributed by atoms with Crippen LogP contribution in [0.25, 0.3) is 10.2 Å².